The molecule has 2 saturated heterocycles. The van der Waals surface area contributed by atoms with Gasteiger partial charge in [-0.2, -0.15) is 0 Å². The molecular formula is C30H40N8O7. The molecular weight excluding hydrogens is 584 g/mol. The Morgan fingerprint density at radius 1 is 1.07 bits per heavy atom. The number of aromatic nitrogens is 3. The van der Waals surface area contributed by atoms with Gasteiger partial charge in [0.25, 0.3) is 11.8 Å². The van der Waals surface area contributed by atoms with Crippen LogP contribution >= 0.6 is 0 Å². The van der Waals surface area contributed by atoms with Gasteiger partial charge in [0, 0.05) is 50.5 Å². The lowest BCUT2D eigenvalue weighted by Crippen LogP contribution is -2.54. The molecule has 0 spiro atoms. The Kier molecular flexibility index (Phi) is 9.77. The molecule has 0 bridgehead atoms. The fourth-order valence-electron chi connectivity index (χ4n) is 5.64. The Labute approximate surface area is 260 Å². The van der Waals surface area contributed by atoms with Gasteiger partial charge in [0.05, 0.1) is 36.6 Å². The third-order valence-corrected chi connectivity index (χ3v) is 7.77. The molecule has 3 aliphatic heterocycles. The summed E-state index contributed by atoms with van der Waals surface area (Å²) in [5.41, 5.74) is 1.26. The molecule has 0 radical (unpaired) electrons. The molecule has 1 aromatic carbocycles. The lowest BCUT2D eigenvalue weighted by molar-refractivity contribution is -0.136. The van der Waals surface area contributed by atoms with Crippen molar-refractivity contribution in [3.8, 4) is 0 Å². The van der Waals surface area contributed by atoms with Crippen molar-refractivity contribution in [2.75, 3.05) is 38.2 Å². The summed E-state index contributed by atoms with van der Waals surface area (Å²) in [6, 6.07) is 4.02. The van der Waals surface area contributed by atoms with Crippen LogP contribution in [0, 0.1) is 0 Å². The van der Waals surface area contributed by atoms with E-state index in [0.29, 0.717) is 38.5 Å². The molecule has 15 heteroatoms. The summed E-state index contributed by atoms with van der Waals surface area (Å²) >= 11 is 0. The van der Waals surface area contributed by atoms with E-state index in [9.17, 15) is 24.0 Å². The van der Waals surface area contributed by atoms with Gasteiger partial charge in [-0.3, -0.25) is 34.3 Å². The van der Waals surface area contributed by atoms with Crippen molar-refractivity contribution in [1.29, 1.82) is 0 Å². The van der Waals surface area contributed by atoms with E-state index in [1.54, 1.807) is 22.9 Å². The normalized spacial score (nSPS) is 19.4. The van der Waals surface area contributed by atoms with Crippen LogP contribution in [0.2, 0.25) is 0 Å². The number of ether oxygens (including phenoxy) is 2. The molecule has 4 heterocycles. The maximum Gasteiger partial charge on any atom is 0.407 e. The summed E-state index contributed by atoms with van der Waals surface area (Å²) < 4.78 is 12.8. The summed E-state index contributed by atoms with van der Waals surface area (Å²) in [5, 5.41) is 16.8. The molecule has 45 heavy (non-hydrogen) atoms. The molecule has 5 rings (SSSR count). The molecule has 0 saturated carbocycles. The van der Waals surface area contributed by atoms with Crippen LogP contribution < -0.4 is 16.0 Å². The molecule has 3 aliphatic rings. The van der Waals surface area contributed by atoms with Gasteiger partial charge in [0.15, 0.2) is 0 Å². The maximum absolute atomic E-state index is 13.2. The molecule has 1 atom stereocenters. The van der Waals surface area contributed by atoms with Crippen LogP contribution in [0.3, 0.4) is 0 Å². The van der Waals surface area contributed by atoms with Crippen LogP contribution in [0.4, 0.5) is 10.5 Å². The Morgan fingerprint density at radius 2 is 1.84 bits per heavy atom. The molecule has 1 unspecified atom stereocenters. The smallest absolute Gasteiger partial charge is 0.407 e. The Morgan fingerprint density at radius 3 is 2.58 bits per heavy atom. The summed E-state index contributed by atoms with van der Waals surface area (Å²) in [5.74, 6) is -2.16. The zero-order valence-corrected chi connectivity index (χ0v) is 25.8. The second kappa shape index (κ2) is 13.7. The second-order valence-corrected chi connectivity index (χ2v) is 12.4. The molecule has 3 N–H and O–H groups in total. The summed E-state index contributed by atoms with van der Waals surface area (Å²) in [6.07, 6.45) is 3.37. The first-order chi connectivity index (χ1) is 21.5. The molecule has 1 aromatic heterocycles. The van der Waals surface area contributed by atoms with E-state index in [1.165, 1.54) is 0 Å². The zero-order valence-electron chi connectivity index (χ0n) is 25.8. The van der Waals surface area contributed by atoms with Crippen LogP contribution in [-0.2, 0) is 32.2 Å². The van der Waals surface area contributed by atoms with Crippen molar-refractivity contribution in [1.82, 2.24) is 35.4 Å². The molecule has 242 valence electrons. The largest absolute Gasteiger partial charge is 0.444 e. The van der Waals surface area contributed by atoms with Gasteiger partial charge in [0.1, 0.15) is 11.6 Å². The van der Waals surface area contributed by atoms with Gasteiger partial charge in [-0.1, -0.05) is 11.3 Å². The van der Waals surface area contributed by atoms with Crippen molar-refractivity contribution in [2.24, 2.45) is 0 Å². The fourth-order valence-corrected chi connectivity index (χ4v) is 5.64. The van der Waals surface area contributed by atoms with Gasteiger partial charge in [-0.15, -0.1) is 5.10 Å². The van der Waals surface area contributed by atoms with Gasteiger partial charge >= 0.3 is 6.09 Å². The highest BCUT2D eigenvalue weighted by Crippen LogP contribution is 2.32. The third-order valence-electron chi connectivity index (χ3n) is 7.77. The first kappa shape index (κ1) is 32.0. The molecule has 2 aromatic rings. The van der Waals surface area contributed by atoms with E-state index in [0.717, 1.165) is 36.5 Å². The first-order valence-electron chi connectivity index (χ1n) is 15.3. The van der Waals surface area contributed by atoms with E-state index in [4.69, 9.17) is 9.47 Å². The number of hydrogen-bond acceptors (Lipinski definition) is 11. The average molecular weight is 625 g/mol. The topological polar surface area (TPSA) is 177 Å². The molecule has 15 nitrogen and oxygen atoms in total. The monoisotopic (exact) mass is 624 g/mol. The van der Waals surface area contributed by atoms with Gasteiger partial charge < -0.3 is 20.1 Å². The number of likely N-dealkylation sites (tertiary alicyclic amines) is 1. The standard InChI is InChI=1S/C30H40N8O7/c1-30(2,3)45-29(43)32-19-9-12-36(13-10-19)17-20-18-37(35-34-20)14-16-44-15-11-31-22-6-4-5-21-25(22)28(42)38(27(21)41)23-7-8-24(39)33-26(23)40/h4-6,18-19,23,31H,7-17H2,1-3H3,(H,32,43)(H,33,39,40). The summed E-state index contributed by atoms with van der Waals surface area (Å²) in [7, 11) is 0. The number of hydrogen-bond donors (Lipinski definition) is 3. The highest BCUT2D eigenvalue weighted by molar-refractivity contribution is 6.25. The average Bonchev–Trinajstić information content (AvgIpc) is 3.52. The molecule has 2 fully saturated rings. The van der Waals surface area contributed by atoms with E-state index in [-0.39, 0.29) is 36.1 Å². The summed E-state index contributed by atoms with van der Waals surface area (Å²) in [4.78, 5) is 65.3. The number of nitrogens with one attached hydrogen (secondary N) is 3. The second-order valence-electron chi connectivity index (χ2n) is 12.4. The quantitative estimate of drug-likeness (QED) is 0.243. The number of imide groups is 2. The number of benzene rings is 1. The number of nitrogens with zero attached hydrogens (tertiary/aromatic N) is 5. The third kappa shape index (κ3) is 8.02. The maximum atomic E-state index is 13.2. The fraction of sp³-hybridized carbons (Fsp3) is 0.567. The molecule has 0 aliphatic carbocycles. The van der Waals surface area contributed by atoms with Gasteiger partial charge in [-0.25, -0.2) is 9.48 Å². The number of anilines is 1. The number of carbonyl (C=O) groups excluding carboxylic acids is 5. The predicted octanol–water partition coefficient (Wildman–Crippen LogP) is 1.30. The minimum absolute atomic E-state index is 0.0671. The molecule has 5 amide bonds. The highest BCUT2D eigenvalue weighted by atomic mass is 16.6. The minimum atomic E-state index is -1.01. The predicted molar refractivity (Wildman–Crippen MR) is 160 cm³/mol. The van der Waals surface area contributed by atoms with Crippen molar-refractivity contribution in [3.05, 3.63) is 41.2 Å². The Balaban J connectivity index is 1.01. The number of piperidine rings is 2. The lowest BCUT2D eigenvalue weighted by Gasteiger charge is -2.32. The zero-order chi connectivity index (χ0) is 32.1. The van der Waals surface area contributed by atoms with E-state index in [1.807, 2.05) is 27.0 Å². The van der Waals surface area contributed by atoms with Crippen molar-refractivity contribution in [3.63, 3.8) is 0 Å². The van der Waals surface area contributed by atoms with Crippen molar-refractivity contribution >= 4 is 35.4 Å². The van der Waals surface area contributed by atoms with Crippen LogP contribution in [0.1, 0.15) is 72.9 Å². The lowest BCUT2D eigenvalue weighted by atomic mass is 10.0. The van der Waals surface area contributed by atoms with Crippen molar-refractivity contribution < 1.29 is 33.4 Å². The first-order valence-corrected chi connectivity index (χ1v) is 15.3. The van der Waals surface area contributed by atoms with Crippen LogP contribution in [0.25, 0.3) is 0 Å². The van der Waals surface area contributed by atoms with E-state index in [2.05, 4.69) is 31.2 Å². The van der Waals surface area contributed by atoms with Crippen LogP contribution in [0.5, 0.6) is 0 Å². The number of rotatable bonds is 11. The van der Waals surface area contributed by atoms with Gasteiger partial charge in [0.2, 0.25) is 11.8 Å². The van der Waals surface area contributed by atoms with Crippen LogP contribution in [0.15, 0.2) is 24.4 Å². The Bertz CT molecular complexity index is 1440. The number of fused-ring (bicyclic) bond motifs is 1. The van der Waals surface area contributed by atoms with Crippen LogP contribution in [-0.4, -0.2) is 105 Å². The summed E-state index contributed by atoms with van der Waals surface area (Å²) in [6.45, 7) is 9.54. The van der Waals surface area contributed by atoms with E-state index >= 15 is 0 Å². The van der Waals surface area contributed by atoms with Gasteiger partial charge in [-0.05, 0) is 52.2 Å². The highest BCUT2D eigenvalue weighted by Gasteiger charge is 2.45. The number of carbonyl (C=O) groups is 5. The Hall–Kier alpha value is -4.37. The number of amides is 5. The van der Waals surface area contributed by atoms with Crippen molar-refractivity contribution in [2.45, 2.75) is 77.2 Å². The SMILES string of the molecule is CC(C)(C)OC(=O)NC1CCN(Cc2cn(CCOCCNc3cccc4c3C(=O)N(C3CCC(=O)NC3=O)C4=O)nn2)CC1. The minimum Gasteiger partial charge on any atom is -0.444 e. The van der Waals surface area contributed by atoms with E-state index < -0.39 is 35.3 Å². The number of alkyl carbamates (subject to hydrolysis) is 1.